The number of benzene rings is 3. The third-order valence-electron chi connectivity index (χ3n) is 3.41. The second kappa shape index (κ2) is 9.37. The van der Waals surface area contributed by atoms with Crippen LogP contribution in [-0.2, 0) is 14.4 Å². The first-order valence-electron chi connectivity index (χ1n) is 8.17. The minimum Gasteiger partial charge on any atom is -0.396 e. The first-order chi connectivity index (χ1) is 13.6. The zero-order valence-corrected chi connectivity index (χ0v) is 14.7. The Morgan fingerprint density at radius 2 is 0.750 bits per heavy atom. The molecule has 0 heterocycles. The van der Waals surface area contributed by atoms with Crippen LogP contribution < -0.4 is 31.9 Å². The molecule has 0 atom stereocenters. The lowest BCUT2D eigenvalue weighted by molar-refractivity contribution is -0.262. The van der Waals surface area contributed by atoms with Gasteiger partial charge in [-0.25, -0.2) is 0 Å². The van der Waals surface area contributed by atoms with Crippen LogP contribution in [0.15, 0.2) is 72.8 Å². The van der Waals surface area contributed by atoms with E-state index in [0.29, 0.717) is 17.1 Å². The summed E-state index contributed by atoms with van der Waals surface area (Å²) in [6.07, 6.45) is 0. The van der Waals surface area contributed by atoms with Gasteiger partial charge in [0.25, 0.3) is 0 Å². The van der Waals surface area contributed by atoms with Crippen molar-refractivity contribution in [1.29, 1.82) is 0 Å². The van der Waals surface area contributed by atoms with Crippen LogP contribution in [0.25, 0.3) is 0 Å². The molecule has 0 fully saturated rings. The second-order valence-electron chi connectivity index (χ2n) is 5.44. The summed E-state index contributed by atoms with van der Waals surface area (Å²) in [4.78, 5) is 30.6. The van der Waals surface area contributed by atoms with Gasteiger partial charge < -0.3 is 31.9 Å². The van der Waals surface area contributed by atoms with Gasteiger partial charge in [-0.3, -0.25) is 0 Å². The summed E-state index contributed by atoms with van der Waals surface area (Å²) in [5, 5.41) is 0. The Morgan fingerprint density at radius 3 is 1.04 bits per heavy atom. The van der Waals surface area contributed by atoms with E-state index < -0.39 is 7.32 Å². The van der Waals surface area contributed by atoms with Crippen molar-refractivity contribution < 1.29 is 29.1 Å². The molecule has 9 nitrogen and oxygen atoms in total. The fourth-order valence-electron chi connectivity index (χ4n) is 1.99. The number of nitrogen functional groups attached to an aromatic ring is 3. The van der Waals surface area contributed by atoms with Gasteiger partial charge in [-0.15, -0.1) is 0 Å². The molecule has 3 aromatic carbocycles. The normalized spacial score (nSPS) is 10.3. The molecule has 0 saturated carbocycles. The lowest BCUT2D eigenvalue weighted by atomic mass is 10.3. The highest BCUT2D eigenvalue weighted by atomic mass is 17.3. The third kappa shape index (κ3) is 5.21. The van der Waals surface area contributed by atoms with Crippen LogP contribution >= 0.6 is 0 Å². The summed E-state index contributed by atoms with van der Waals surface area (Å²) in [5.41, 5.74) is 18.4. The van der Waals surface area contributed by atoms with Gasteiger partial charge in [-0.2, -0.15) is 14.4 Å². The number of hydrogen-bond donors (Lipinski definition) is 3. The molecule has 0 bridgehead atoms. The molecule has 6 N–H and O–H groups in total. The first-order valence-corrected chi connectivity index (χ1v) is 8.17. The molecule has 10 heteroatoms. The topological polar surface area (TPSA) is 133 Å². The van der Waals surface area contributed by atoms with Crippen molar-refractivity contribution in [2.24, 2.45) is 0 Å². The molecule has 28 heavy (non-hydrogen) atoms. The molecule has 3 aromatic rings. The standard InChI is InChI=1S/C18H18BN3O6/c20-13-7-1-4-10-16(13)23-26-19(27-24-17-11-5-2-8-14(17)21)28-25-18-12-6-3-9-15(18)22/h1-12H,20-22H2. The highest BCUT2D eigenvalue weighted by molar-refractivity contribution is 6.35. The van der Waals surface area contributed by atoms with Crippen molar-refractivity contribution in [2.45, 2.75) is 0 Å². The maximum Gasteiger partial charge on any atom is 0.754 e. The van der Waals surface area contributed by atoms with Crippen LogP contribution in [0.1, 0.15) is 0 Å². The highest BCUT2D eigenvalue weighted by Crippen LogP contribution is 2.24. The van der Waals surface area contributed by atoms with E-state index in [1.54, 1.807) is 72.8 Å². The molecule has 0 spiro atoms. The van der Waals surface area contributed by atoms with Crippen molar-refractivity contribution in [3.8, 4) is 17.2 Å². The molecule has 0 aliphatic carbocycles. The van der Waals surface area contributed by atoms with E-state index >= 15 is 0 Å². The van der Waals surface area contributed by atoms with Gasteiger partial charge in [0.2, 0.25) is 0 Å². The second-order valence-corrected chi connectivity index (χ2v) is 5.44. The molecular weight excluding hydrogens is 365 g/mol. The Balaban J connectivity index is 1.65. The molecular formula is C18H18BN3O6. The fraction of sp³-hybridized carbons (Fsp3) is 0. The minimum absolute atomic E-state index is 0.248. The molecule has 0 unspecified atom stereocenters. The zero-order chi connectivity index (χ0) is 19.8. The van der Waals surface area contributed by atoms with Crippen LogP contribution in [0.2, 0.25) is 0 Å². The van der Waals surface area contributed by atoms with E-state index in [1.165, 1.54) is 0 Å². The summed E-state index contributed by atoms with van der Waals surface area (Å²) in [6.45, 7) is 0. The highest BCUT2D eigenvalue weighted by Gasteiger charge is 2.31. The van der Waals surface area contributed by atoms with Crippen molar-refractivity contribution in [3.63, 3.8) is 0 Å². The molecule has 0 aliphatic rings. The Morgan fingerprint density at radius 1 is 0.464 bits per heavy atom. The van der Waals surface area contributed by atoms with Crippen molar-refractivity contribution in [3.05, 3.63) is 72.8 Å². The Bertz CT molecular complexity index is 796. The largest absolute Gasteiger partial charge is 0.754 e. The lowest BCUT2D eigenvalue weighted by Gasteiger charge is -2.14. The molecule has 0 saturated heterocycles. The van der Waals surface area contributed by atoms with E-state index in [4.69, 9.17) is 46.3 Å². The van der Waals surface area contributed by atoms with Crippen LogP contribution in [-0.4, -0.2) is 7.32 Å². The smallest absolute Gasteiger partial charge is 0.396 e. The summed E-state index contributed by atoms with van der Waals surface area (Å²) < 4.78 is 0. The predicted molar refractivity (Wildman–Crippen MR) is 103 cm³/mol. The summed E-state index contributed by atoms with van der Waals surface area (Å²) in [5.74, 6) is 0.745. The number of rotatable bonds is 9. The van der Waals surface area contributed by atoms with Crippen LogP contribution in [0.4, 0.5) is 17.1 Å². The molecule has 0 aliphatic heterocycles. The van der Waals surface area contributed by atoms with E-state index in [9.17, 15) is 0 Å². The SMILES string of the molecule is Nc1ccccc1OOB(OOc1ccccc1N)OOc1ccccc1N. The molecule has 0 amide bonds. The minimum atomic E-state index is -1.57. The number of nitrogens with two attached hydrogens (primary N) is 3. The van der Waals surface area contributed by atoms with Gasteiger partial charge >= 0.3 is 7.32 Å². The quantitative estimate of drug-likeness (QED) is 0.221. The predicted octanol–water partition coefficient (Wildman–Crippen LogP) is 2.75. The molecule has 0 radical (unpaired) electrons. The zero-order valence-electron chi connectivity index (χ0n) is 14.7. The van der Waals surface area contributed by atoms with E-state index in [2.05, 4.69) is 0 Å². The van der Waals surface area contributed by atoms with Gasteiger partial charge in [0.05, 0.1) is 17.1 Å². The van der Waals surface area contributed by atoms with Gasteiger partial charge in [0.1, 0.15) is 0 Å². The number of hydrogen-bond acceptors (Lipinski definition) is 9. The summed E-state index contributed by atoms with van der Waals surface area (Å²) in [6, 6.07) is 20.1. The third-order valence-corrected chi connectivity index (χ3v) is 3.41. The van der Waals surface area contributed by atoms with E-state index in [0.717, 1.165) is 0 Å². The van der Waals surface area contributed by atoms with Crippen molar-refractivity contribution in [2.75, 3.05) is 17.2 Å². The number of anilines is 3. The maximum absolute atomic E-state index is 5.79. The van der Waals surface area contributed by atoms with Crippen LogP contribution in [0, 0.1) is 0 Å². The van der Waals surface area contributed by atoms with Gasteiger partial charge in [0.15, 0.2) is 17.2 Å². The van der Waals surface area contributed by atoms with Gasteiger partial charge in [0, 0.05) is 0 Å². The van der Waals surface area contributed by atoms with Gasteiger partial charge in [-0.05, 0) is 36.4 Å². The Labute approximate surface area is 161 Å². The van der Waals surface area contributed by atoms with Crippen LogP contribution in [0.3, 0.4) is 0 Å². The average Bonchev–Trinajstić information content (AvgIpc) is 2.71. The Hall–Kier alpha value is -3.60. The first kappa shape index (κ1) is 19.2. The van der Waals surface area contributed by atoms with Crippen LogP contribution in [0.5, 0.6) is 17.2 Å². The summed E-state index contributed by atoms with van der Waals surface area (Å²) >= 11 is 0. The Kier molecular flexibility index (Phi) is 6.42. The van der Waals surface area contributed by atoms with Gasteiger partial charge in [-0.1, -0.05) is 36.4 Å². The monoisotopic (exact) mass is 383 g/mol. The molecule has 3 rings (SSSR count). The fourth-order valence-corrected chi connectivity index (χ4v) is 1.99. The molecule has 144 valence electrons. The van der Waals surface area contributed by atoms with E-state index in [1.807, 2.05) is 0 Å². The van der Waals surface area contributed by atoms with E-state index in [-0.39, 0.29) is 17.2 Å². The average molecular weight is 383 g/mol. The number of para-hydroxylation sites is 6. The van der Waals surface area contributed by atoms with Crippen molar-refractivity contribution >= 4 is 24.4 Å². The maximum atomic E-state index is 5.79. The lowest BCUT2D eigenvalue weighted by Crippen LogP contribution is -2.32. The van der Waals surface area contributed by atoms with Crippen molar-refractivity contribution in [1.82, 2.24) is 0 Å². The summed E-state index contributed by atoms with van der Waals surface area (Å²) in [7, 11) is -1.57. The molecule has 0 aromatic heterocycles.